The van der Waals surface area contributed by atoms with Crippen LogP contribution in [0.2, 0.25) is 5.02 Å². The summed E-state index contributed by atoms with van der Waals surface area (Å²) in [5.74, 6) is -1.41. The molecule has 86 valence electrons. The Kier molecular flexibility index (Phi) is 2.97. The molecule has 0 radical (unpaired) electrons. The molecule has 0 saturated heterocycles. The molecule has 0 saturated carbocycles. The lowest BCUT2D eigenvalue weighted by molar-refractivity contribution is 0.0697. The van der Waals surface area contributed by atoms with E-state index < -0.39 is 5.97 Å². The van der Waals surface area contributed by atoms with Crippen LogP contribution in [-0.2, 0) is 0 Å². The number of aromatic carboxylic acids is 1. The number of aromatic nitrogens is 1. The van der Waals surface area contributed by atoms with Gasteiger partial charge in [-0.15, -0.1) is 0 Å². The zero-order valence-corrected chi connectivity index (χ0v) is 9.36. The summed E-state index contributed by atoms with van der Waals surface area (Å²) < 4.78 is 0. The molecule has 2 rings (SSSR count). The third kappa shape index (κ3) is 2.21. The lowest BCUT2D eigenvalue weighted by Gasteiger charge is -2.00. The van der Waals surface area contributed by atoms with Crippen molar-refractivity contribution in [3.05, 3.63) is 58.4 Å². The monoisotopic (exact) mass is 249 g/mol. The molecule has 0 bridgehead atoms. The van der Waals surface area contributed by atoms with Crippen LogP contribution in [0.5, 0.6) is 0 Å². The molecule has 0 atom stereocenters. The highest BCUT2D eigenvalue weighted by Crippen LogP contribution is 2.19. The Bertz CT molecular complexity index is 589. The van der Waals surface area contributed by atoms with E-state index in [1.165, 1.54) is 12.3 Å². The predicted molar refractivity (Wildman–Crippen MR) is 62.6 cm³/mol. The second-order valence-corrected chi connectivity index (χ2v) is 3.82. The fraction of sp³-hybridized carbons (Fsp3) is 0. The standard InChI is InChI=1S/C12H8ClNO3/c13-9-4-2-1-3-8(9)11(15)10-5-7(6-14-10)12(16)17/h1-6,14H,(H,16,17). The molecule has 17 heavy (non-hydrogen) atoms. The highest BCUT2D eigenvalue weighted by atomic mass is 35.5. The highest BCUT2D eigenvalue weighted by molar-refractivity contribution is 6.34. The zero-order chi connectivity index (χ0) is 12.4. The van der Waals surface area contributed by atoms with Gasteiger partial charge in [0.2, 0.25) is 5.78 Å². The first-order valence-corrected chi connectivity index (χ1v) is 5.18. The average Bonchev–Trinajstić information content (AvgIpc) is 2.78. The number of hydrogen-bond acceptors (Lipinski definition) is 2. The Morgan fingerprint density at radius 2 is 1.94 bits per heavy atom. The van der Waals surface area contributed by atoms with Crippen LogP contribution in [0.1, 0.15) is 26.4 Å². The number of rotatable bonds is 3. The molecule has 2 aromatic rings. The maximum Gasteiger partial charge on any atom is 0.337 e. The van der Waals surface area contributed by atoms with Crippen molar-refractivity contribution >= 4 is 23.4 Å². The van der Waals surface area contributed by atoms with Crippen molar-refractivity contribution in [2.75, 3.05) is 0 Å². The first-order chi connectivity index (χ1) is 8.09. The number of H-pyrrole nitrogens is 1. The molecule has 4 nitrogen and oxygen atoms in total. The molecule has 0 amide bonds. The maximum atomic E-state index is 12.0. The minimum atomic E-state index is -1.08. The van der Waals surface area contributed by atoms with Crippen molar-refractivity contribution < 1.29 is 14.7 Å². The van der Waals surface area contributed by atoms with Crippen LogP contribution in [0, 0.1) is 0 Å². The van der Waals surface area contributed by atoms with Crippen molar-refractivity contribution in [2.24, 2.45) is 0 Å². The van der Waals surface area contributed by atoms with E-state index >= 15 is 0 Å². The molecule has 5 heteroatoms. The normalized spacial score (nSPS) is 10.2. The number of carbonyl (C=O) groups is 2. The van der Waals surface area contributed by atoms with Crippen molar-refractivity contribution in [1.29, 1.82) is 0 Å². The average molecular weight is 250 g/mol. The molecule has 0 unspecified atom stereocenters. The van der Waals surface area contributed by atoms with E-state index in [1.54, 1.807) is 24.3 Å². The van der Waals surface area contributed by atoms with Crippen LogP contribution in [-0.4, -0.2) is 21.8 Å². The van der Waals surface area contributed by atoms with Gasteiger partial charge in [-0.2, -0.15) is 0 Å². The Labute approximate surface area is 102 Å². The predicted octanol–water partition coefficient (Wildman–Crippen LogP) is 2.60. The van der Waals surface area contributed by atoms with Crippen molar-refractivity contribution in [3.63, 3.8) is 0 Å². The fourth-order valence-electron chi connectivity index (χ4n) is 1.44. The Morgan fingerprint density at radius 1 is 1.24 bits per heavy atom. The van der Waals surface area contributed by atoms with Crippen LogP contribution in [0.15, 0.2) is 36.5 Å². The maximum absolute atomic E-state index is 12.0. The molecule has 0 aliphatic rings. The van der Waals surface area contributed by atoms with Gasteiger partial charge in [-0.3, -0.25) is 4.79 Å². The molecular formula is C12H8ClNO3. The van der Waals surface area contributed by atoms with Gasteiger partial charge in [0.15, 0.2) is 0 Å². The van der Waals surface area contributed by atoms with Gasteiger partial charge in [-0.05, 0) is 18.2 Å². The summed E-state index contributed by atoms with van der Waals surface area (Å²) in [5, 5.41) is 9.08. The third-order valence-electron chi connectivity index (χ3n) is 2.29. The van der Waals surface area contributed by atoms with Crippen molar-refractivity contribution in [3.8, 4) is 0 Å². The summed E-state index contributed by atoms with van der Waals surface area (Å²) in [5.41, 5.74) is 0.587. The summed E-state index contributed by atoms with van der Waals surface area (Å²) >= 11 is 5.89. The lowest BCUT2D eigenvalue weighted by Crippen LogP contribution is -2.02. The number of ketones is 1. The van der Waals surface area contributed by atoms with Crippen LogP contribution in [0.25, 0.3) is 0 Å². The van der Waals surface area contributed by atoms with Gasteiger partial charge in [-0.1, -0.05) is 23.7 Å². The van der Waals surface area contributed by atoms with Crippen molar-refractivity contribution in [2.45, 2.75) is 0 Å². The Balaban J connectivity index is 2.37. The molecule has 1 aromatic heterocycles. The zero-order valence-electron chi connectivity index (χ0n) is 8.61. The van der Waals surface area contributed by atoms with Gasteiger partial charge in [0.1, 0.15) is 0 Å². The molecule has 2 N–H and O–H groups in total. The second-order valence-electron chi connectivity index (χ2n) is 3.42. The SMILES string of the molecule is O=C(O)c1c[nH]c(C(=O)c2ccccc2Cl)c1. The number of carbonyl (C=O) groups excluding carboxylic acids is 1. The number of carboxylic acids is 1. The first kappa shape index (κ1) is 11.4. The second kappa shape index (κ2) is 4.43. The summed E-state index contributed by atoms with van der Waals surface area (Å²) in [4.78, 5) is 25.3. The van der Waals surface area contributed by atoms with Crippen LogP contribution < -0.4 is 0 Å². The van der Waals surface area contributed by atoms with E-state index in [0.717, 1.165) is 0 Å². The van der Waals surface area contributed by atoms with E-state index in [-0.39, 0.29) is 17.0 Å². The molecule has 0 spiro atoms. The number of nitrogens with one attached hydrogen (secondary N) is 1. The molecular weight excluding hydrogens is 242 g/mol. The molecule has 0 aliphatic heterocycles. The smallest absolute Gasteiger partial charge is 0.337 e. The topological polar surface area (TPSA) is 70.2 Å². The van der Waals surface area contributed by atoms with Gasteiger partial charge in [0.25, 0.3) is 0 Å². The fourth-order valence-corrected chi connectivity index (χ4v) is 1.66. The van der Waals surface area contributed by atoms with Gasteiger partial charge in [0.05, 0.1) is 16.3 Å². The number of aromatic amines is 1. The number of halogens is 1. The first-order valence-electron chi connectivity index (χ1n) is 4.80. The Morgan fingerprint density at radius 3 is 2.53 bits per heavy atom. The third-order valence-corrected chi connectivity index (χ3v) is 2.62. The van der Waals surface area contributed by atoms with E-state index in [1.807, 2.05) is 0 Å². The van der Waals surface area contributed by atoms with Crippen molar-refractivity contribution in [1.82, 2.24) is 4.98 Å². The van der Waals surface area contributed by atoms with E-state index in [9.17, 15) is 9.59 Å². The molecule has 0 aliphatic carbocycles. The van der Waals surface area contributed by atoms with Crippen LogP contribution in [0.3, 0.4) is 0 Å². The minimum Gasteiger partial charge on any atom is -0.478 e. The van der Waals surface area contributed by atoms with Gasteiger partial charge < -0.3 is 10.1 Å². The largest absolute Gasteiger partial charge is 0.478 e. The number of benzene rings is 1. The van der Waals surface area contributed by atoms with Crippen LogP contribution >= 0.6 is 11.6 Å². The van der Waals surface area contributed by atoms with E-state index in [4.69, 9.17) is 16.7 Å². The van der Waals surface area contributed by atoms with Gasteiger partial charge in [0, 0.05) is 11.8 Å². The van der Waals surface area contributed by atoms with Crippen LogP contribution in [0.4, 0.5) is 0 Å². The summed E-state index contributed by atoms with van der Waals surface area (Å²) in [7, 11) is 0. The molecule has 1 aromatic carbocycles. The van der Waals surface area contributed by atoms with Gasteiger partial charge in [-0.25, -0.2) is 4.79 Å². The summed E-state index contributed by atoms with van der Waals surface area (Å²) in [6, 6.07) is 7.90. The highest BCUT2D eigenvalue weighted by Gasteiger charge is 2.15. The summed E-state index contributed by atoms with van der Waals surface area (Å²) in [6.07, 6.45) is 1.27. The van der Waals surface area contributed by atoms with Gasteiger partial charge >= 0.3 is 5.97 Å². The number of carboxylic acid groups (broad SMARTS) is 1. The molecule has 0 fully saturated rings. The Hall–Kier alpha value is -2.07. The summed E-state index contributed by atoms with van der Waals surface area (Å²) in [6.45, 7) is 0. The minimum absolute atomic E-state index is 0.0420. The number of hydrogen-bond donors (Lipinski definition) is 2. The van der Waals surface area contributed by atoms with E-state index in [2.05, 4.69) is 4.98 Å². The lowest BCUT2D eigenvalue weighted by atomic mass is 10.1. The molecule has 1 heterocycles. The quantitative estimate of drug-likeness (QED) is 0.822. The van der Waals surface area contributed by atoms with E-state index in [0.29, 0.717) is 10.6 Å².